The minimum absolute atomic E-state index is 0.105. The van der Waals surface area contributed by atoms with Crippen LogP contribution >= 0.6 is 0 Å². The molecule has 0 aliphatic heterocycles. The average molecular weight is 310 g/mol. The molecule has 0 aromatic carbocycles. The molecule has 0 aliphatic rings. The molecule has 0 atom stereocenters. The zero-order valence-corrected chi connectivity index (χ0v) is 15.7. The molecular weight excluding hydrogens is 280 g/mol. The van der Waals surface area contributed by atoms with Crippen LogP contribution in [0.15, 0.2) is 30.5 Å². The van der Waals surface area contributed by atoms with E-state index in [0.29, 0.717) is 0 Å². The summed E-state index contributed by atoms with van der Waals surface area (Å²) in [6.45, 7) is 15.5. The fraction of sp³-hybridized carbons (Fsp3) is 0.524. The summed E-state index contributed by atoms with van der Waals surface area (Å²) in [6, 6.07) is 8.78. The van der Waals surface area contributed by atoms with Crippen LogP contribution in [0, 0.1) is 13.8 Å². The lowest BCUT2D eigenvalue weighted by Gasteiger charge is -2.25. The third-order valence-electron chi connectivity index (χ3n) is 4.57. The first-order valence-electron chi connectivity index (χ1n) is 8.49. The van der Waals surface area contributed by atoms with Gasteiger partial charge in [0, 0.05) is 23.3 Å². The van der Waals surface area contributed by atoms with E-state index in [1.807, 2.05) is 13.1 Å². The summed E-state index contributed by atoms with van der Waals surface area (Å²) in [6.07, 6.45) is 4.07. The van der Waals surface area contributed by atoms with E-state index in [0.717, 1.165) is 24.2 Å². The molecule has 2 rings (SSSR count). The van der Waals surface area contributed by atoms with Crippen LogP contribution in [0.1, 0.15) is 69.2 Å². The van der Waals surface area contributed by atoms with Gasteiger partial charge in [-0.1, -0.05) is 40.7 Å². The van der Waals surface area contributed by atoms with E-state index < -0.39 is 0 Å². The van der Waals surface area contributed by atoms with E-state index in [9.17, 15) is 0 Å². The van der Waals surface area contributed by atoms with Crippen molar-refractivity contribution in [2.75, 3.05) is 0 Å². The van der Waals surface area contributed by atoms with Gasteiger partial charge in [0.25, 0.3) is 0 Å². The Balaban J connectivity index is 2.16. The summed E-state index contributed by atoms with van der Waals surface area (Å²) in [4.78, 5) is 9.19. The van der Waals surface area contributed by atoms with Gasteiger partial charge in [0.1, 0.15) is 0 Å². The quantitative estimate of drug-likeness (QED) is 0.765. The topological polar surface area (TPSA) is 25.8 Å². The van der Waals surface area contributed by atoms with Crippen LogP contribution in [0.25, 0.3) is 0 Å². The second-order valence-electron chi connectivity index (χ2n) is 8.31. The van der Waals surface area contributed by atoms with Crippen molar-refractivity contribution in [1.82, 2.24) is 9.97 Å². The minimum Gasteiger partial charge on any atom is -0.261 e. The maximum atomic E-state index is 4.74. The molecule has 2 aromatic rings. The molecule has 0 amide bonds. The summed E-state index contributed by atoms with van der Waals surface area (Å²) in [7, 11) is 0. The number of pyridine rings is 2. The summed E-state index contributed by atoms with van der Waals surface area (Å²) >= 11 is 0. The first-order chi connectivity index (χ1) is 10.6. The number of aromatic nitrogens is 2. The molecule has 2 nitrogen and oxygen atoms in total. The van der Waals surface area contributed by atoms with E-state index in [1.54, 1.807) is 0 Å². The number of nitrogens with zero attached hydrogens (tertiary/aromatic N) is 2. The van der Waals surface area contributed by atoms with E-state index in [1.165, 1.54) is 16.8 Å². The fourth-order valence-corrected chi connectivity index (χ4v) is 2.75. The van der Waals surface area contributed by atoms with Crippen LogP contribution in [0.3, 0.4) is 0 Å². The third-order valence-corrected chi connectivity index (χ3v) is 4.57. The Bertz CT molecular complexity index is 661. The van der Waals surface area contributed by atoms with Gasteiger partial charge in [0.2, 0.25) is 0 Å². The van der Waals surface area contributed by atoms with Gasteiger partial charge in [-0.15, -0.1) is 0 Å². The molecule has 0 bridgehead atoms. The minimum atomic E-state index is 0.105. The Morgan fingerprint density at radius 3 is 2.13 bits per heavy atom. The lowest BCUT2D eigenvalue weighted by atomic mass is 9.80. The Morgan fingerprint density at radius 2 is 1.57 bits per heavy atom. The lowest BCUT2D eigenvalue weighted by molar-refractivity contribution is 0.474. The monoisotopic (exact) mass is 310 g/mol. The normalized spacial score (nSPS) is 12.5. The molecular formula is C21H30N2. The predicted molar refractivity (Wildman–Crippen MR) is 98.0 cm³/mol. The van der Waals surface area contributed by atoms with Crippen LogP contribution in [0.5, 0.6) is 0 Å². The van der Waals surface area contributed by atoms with Gasteiger partial charge in [-0.25, -0.2) is 0 Å². The van der Waals surface area contributed by atoms with Crippen molar-refractivity contribution in [3.05, 3.63) is 58.7 Å². The SMILES string of the molecule is Cc1ccc(C(C)(C)CCc2cc(C(C)(C)C)cc(C)n2)cn1. The molecule has 0 fully saturated rings. The number of hydrogen-bond donors (Lipinski definition) is 0. The highest BCUT2D eigenvalue weighted by molar-refractivity contribution is 5.28. The fourth-order valence-electron chi connectivity index (χ4n) is 2.75. The van der Waals surface area contributed by atoms with Crippen molar-refractivity contribution >= 4 is 0 Å². The summed E-state index contributed by atoms with van der Waals surface area (Å²) in [5, 5.41) is 0. The van der Waals surface area contributed by atoms with Gasteiger partial charge in [-0.05, 0) is 66.8 Å². The summed E-state index contributed by atoms with van der Waals surface area (Å²) < 4.78 is 0. The molecule has 2 heterocycles. The number of aryl methyl sites for hydroxylation is 3. The molecule has 0 aliphatic carbocycles. The largest absolute Gasteiger partial charge is 0.261 e. The predicted octanol–water partition coefficient (Wildman–Crippen LogP) is 5.30. The molecule has 0 saturated carbocycles. The Hall–Kier alpha value is -1.70. The molecule has 0 N–H and O–H groups in total. The Kier molecular flexibility index (Phi) is 4.93. The molecule has 124 valence electrons. The summed E-state index contributed by atoms with van der Waals surface area (Å²) in [5.41, 5.74) is 6.32. The molecule has 0 radical (unpaired) electrons. The Labute approximate surface area is 141 Å². The smallest absolute Gasteiger partial charge is 0.0410 e. The summed E-state index contributed by atoms with van der Waals surface area (Å²) in [5.74, 6) is 0. The molecule has 2 heteroatoms. The molecule has 0 unspecified atom stereocenters. The Morgan fingerprint density at radius 1 is 0.870 bits per heavy atom. The zero-order chi connectivity index (χ0) is 17.3. The second-order valence-corrected chi connectivity index (χ2v) is 8.31. The van der Waals surface area contributed by atoms with Crippen LogP contribution in [0.2, 0.25) is 0 Å². The van der Waals surface area contributed by atoms with E-state index in [-0.39, 0.29) is 10.8 Å². The number of rotatable bonds is 4. The van der Waals surface area contributed by atoms with Gasteiger partial charge < -0.3 is 0 Å². The van der Waals surface area contributed by atoms with Gasteiger partial charge in [0.15, 0.2) is 0 Å². The highest BCUT2D eigenvalue weighted by atomic mass is 14.7. The van der Waals surface area contributed by atoms with Gasteiger partial charge in [-0.3, -0.25) is 9.97 Å². The van der Waals surface area contributed by atoms with E-state index >= 15 is 0 Å². The maximum Gasteiger partial charge on any atom is 0.0410 e. The van der Waals surface area contributed by atoms with Crippen molar-refractivity contribution in [3.63, 3.8) is 0 Å². The third kappa shape index (κ3) is 4.63. The van der Waals surface area contributed by atoms with Crippen LogP contribution in [-0.2, 0) is 17.3 Å². The first kappa shape index (κ1) is 17.7. The van der Waals surface area contributed by atoms with Crippen molar-refractivity contribution in [2.45, 2.75) is 72.1 Å². The second kappa shape index (κ2) is 6.43. The van der Waals surface area contributed by atoms with Crippen molar-refractivity contribution in [2.24, 2.45) is 0 Å². The van der Waals surface area contributed by atoms with Crippen LogP contribution < -0.4 is 0 Å². The first-order valence-corrected chi connectivity index (χ1v) is 8.49. The van der Waals surface area contributed by atoms with Gasteiger partial charge in [-0.2, -0.15) is 0 Å². The van der Waals surface area contributed by atoms with Gasteiger partial charge >= 0.3 is 0 Å². The van der Waals surface area contributed by atoms with Crippen molar-refractivity contribution in [3.8, 4) is 0 Å². The van der Waals surface area contributed by atoms with Crippen molar-refractivity contribution in [1.29, 1.82) is 0 Å². The van der Waals surface area contributed by atoms with Crippen LogP contribution in [-0.4, -0.2) is 9.97 Å². The zero-order valence-electron chi connectivity index (χ0n) is 15.7. The van der Waals surface area contributed by atoms with E-state index in [2.05, 4.69) is 70.8 Å². The van der Waals surface area contributed by atoms with Crippen molar-refractivity contribution < 1.29 is 0 Å². The standard InChI is InChI=1S/C21H30N2/c1-15-8-9-17(14-22-15)21(6,7)11-10-19-13-18(20(3,4)5)12-16(2)23-19/h8-9,12-14H,10-11H2,1-7H3. The highest BCUT2D eigenvalue weighted by Crippen LogP contribution is 2.29. The lowest BCUT2D eigenvalue weighted by Crippen LogP contribution is -2.19. The van der Waals surface area contributed by atoms with Gasteiger partial charge in [0.05, 0.1) is 0 Å². The molecule has 0 spiro atoms. The van der Waals surface area contributed by atoms with Crippen LogP contribution in [0.4, 0.5) is 0 Å². The number of hydrogen-bond acceptors (Lipinski definition) is 2. The van der Waals surface area contributed by atoms with E-state index in [4.69, 9.17) is 4.98 Å². The average Bonchev–Trinajstić information content (AvgIpc) is 2.44. The maximum absolute atomic E-state index is 4.74. The molecule has 2 aromatic heterocycles. The molecule has 23 heavy (non-hydrogen) atoms. The molecule has 0 saturated heterocycles. The highest BCUT2D eigenvalue weighted by Gasteiger charge is 2.22.